The number of amides is 1. The van der Waals surface area contributed by atoms with E-state index < -0.39 is 5.41 Å². The summed E-state index contributed by atoms with van der Waals surface area (Å²) < 4.78 is 0. The van der Waals surface area contributed by atoms with Crippen LogP contribution in [0.1, 0.15) is 52.4 Å². The van der Waals surface area contributed by atoms with Crippen LogP contribution in [0, 0.1) is 11.3 Å². The molecule has 0 aromatic rings. The molecule has 1 atom stereocenters. The molecule has 4 heteroatoms. The van der Waals surface area contributed by atoms with Gasteiger partial charge in [-0.15, -0.1) is 0 Å². The fourth-order valence-corrected chi connectivity index (χ4v) is 3.85. The number of nitrogens with two attached hydrogens (primary N) is 1. The van der Waals surface area contributed by atoms with Gasteiger partial charge in [-0.25, -0.2) is 0 Å². The Morgan fingerprint density at radius 1 is 1.33 bits per heavy atom. The SMILES string of the molecule is CC(C)C1CCCN1C(=O)C1(C(N)=S)CCCC1. The monoisotopic (exact) mass is 268 g/mol. The predicted octanol–water partition coefficient (Wildman–Crippen LogP) is 2.48. The Labute approximate surface area is 115 Å². The fourth-order valence-electron chi connectivity index (χ4n) is 3.56. The average Bonchev–Trinajstić information content (AvgIpc) is 2.98. The third-order valence-corrected chi connectivity index (χ3v) is 5.06. The molecule has 102 valence electrons. The van der Waals surface area contributed by atoms with E-state index in [0.29, 0.717) is 16.9 Å². The van der Waals surface area contributed by atoms with Gasteiger partial charge >= 0.3 is 0 Å². The molecule has 1 aliphatic carbocycles. The minimum atomic E-state index is -0.521. The zero-order valence-electron chi connectivity index (χ0n) is 11.4. The van der Waals surface area contributed by atoms with E-state index in [1.807, 2.05) is 0 Å². The number of hydrogen-bond acceptors (Lipinski definition) is 2. The van der Waals surface area contributed by atoms with Crippen LogP contribution < -0.4 is 5.73 Å². The second kappa shape index (κ2) is 5.16. The Morgan fingerprint density at radius 3 is 2.44 bits per heavy atom. The third-order valence-electron chi connectivity index (χ3n) is 4.67. The molecule has 2 fully saturated rings. The maximum Gasteiger partial charge on any atom is 0.235 e. The molecule has 1 heterocycles. The number of carbonyl (C=O) groups is 1. The number of hydrogen-bond donors (Lipinski definition) is 1. The molecule has 1 saturated heterocycles. The molecular formula is C14H24N2OS. The van der Waals surface area contributed by atoms with Crippen molar-refractivity contribution < 1.29 is 4.79 Å². The first kappa shape index (κ1) is 13.8. The first-order valence-corrected chi connectivity index (χ1v) is 7.51. The Morgan fingerprint density at radius 2 is 1.94 bits per heavy atom. The van der Waals surface area contributed by atoms with Crippen molar-refractivity contribution in [3.63, 3.8) is 0 Å². The highest BCUT2D eigenvalue weighted by Gasteiger charge is 2.48. The molecule has 0 spiro atoms. The lowest BCUT2D eigenvalue weighted by Gasteiger charge is -2.36. The van der Waals surface area contributed by atoms with Crippen molar-refractivity contribution in [2.24, 2.45) is 17.1 Å². The number of carbonyl (C=O) groups excluding carboxylic acids is 1. The van der Waals surface area contributed by atoms with Gasteiger partial charge in [0.1, 0.15) is 0 Å². The van der Waals surface area contributed by atoms with Crippen LogP contribution in [0.15, 0.2) is 0 Å². The molecule has 2 rings (SSSR count). The standard InChI is InChI=1S/C14H24N2OS/c1-10(2)11-6-5-9-16(11)13(17)14(12(15)18)7-3-4-8-14/h10-11H,3-9H2,1-2H3,(H2,15,18). The van der Waals surface area contributed by atoms with E-state index in [4.69, 9.17) is 18.0 Å². The maximum atomic E-state index is 12.9. The number of rotatable bonds is 3. The highest BCUT2D eigenvalue weighted by molar-refractivity contribution is 7.80. The molecule has 0 bridgehead atoms. The van der Waals surface area contributed by atoms with E-state index in [-0.39, 0.29) is 5.91 Å². The quantitative estimate of drug-likeness (QED) is 0.800. The van der Waals surface area contributed by atoms with Gasteiger partial charge in [0.15, 0.2) is 0 Å². The molecule has 3 nitrogen and oxygen atoms in total. The number of nitrogens with zero attached hydrogens (tertiary/aromatic N) is 1. The predicted molar refractivity (Wildman–Crippen MR) is 77.3 cm³/mol. The van der Waals surface area contributed by atoms with Gasteiger partial charge in [0.2, 0.25) is 5.91 Å². The zero-order chi connectivity index (χ0) is 13.3. The van der Waals surface area contributed by atoms with Crippen molar-refractivity contribution in [1.82, 2.24) is 4.90 Å². The fraction of sp³-hybridized carbons (Fsp3) is 0.857. The van der Waals surface area contributed by atoms with Crippen LogP contribution in [-0.4, -0.2) is 28.4 Å². The normalized spacial score (nSPS) is 26.8. The summed E-state index contributed by atoms with van der Waals surface area (Å²) in [4.78, 5) is 15.4. The molecule has 2 aliphatic rings. The first-order valence-electron chi connectivity index (χ1n) is 7.10. The molecule has 0 aromatic carbocycles. The summed E-state index contributed by atoms with van der Waals surface area (Å²) in [6.07, 6.45) is 6.08. The summed E-state index contributed by atoms with van der Waals surface area (Å²) >= 11 is 5.21. The van der Waals surface area contributed by atoms with Crippen molar-refractivity contribution in [2.45, 2.75) is 58.4 Å². The van der Waals surface area contributed by atoms with Gasteiger partial charge < -0.3 is 10.6 Å². The maximum absolute atomic E-state index is 12.9. The summed E-state index contributed by atoms with van der Waals surface area (Å²) in [6.45, 7) is 5.27. The van der Waals surface area contributed by atoms with Gasteiger partial charge in [0, 0.05) is 12.6 Å². The zero-order valence-corrected chi connectivity index (χ0v) is 12.3. The van der Waals surface area contributed by atoms with Crippen molar-refractivity contribution >= 4 is 23.1 Å². The van der Waals surface area contributed by atoms with Gasteiger partial charge in [-0.2, -0.15) is 0 Å². The Kier molecular flexibility index (Phi) is 3.95. The number of thiocarbonyl (C=S) groups is 1. The molecule has 18 heavy (non-hydrogen) atoms. The van der Waals surface area contributed by atoms with Crippen LogP contribution >= 0.6 is 12.2 Å². The van der Waals surface area contributed by atoms with Gasteiger partial charge in [-0.1, -0.05) is 38.9 Å². The van der Waals surface area contributed by atoms with Crippen LogP contribution in [0.4, 0.5) is 0 Å². The van der Waals surface area contributed by atoms with Crippen LogP contribution in [0.2, 0.25) is 0 Å². The lowest BCUT2D eigenvalue weighted by molar-refractivity contribution is -0.139. The number of likely N-dealkylation sites (tertiary alicyclic amines) is 1. The molecule has 1 aliphatic heterocycles. The minimum absolute atomic E-state index is 0.212. The summed E-state index contributed by atoms with van der Waals surface area (Å²) in [5, 5.41) is 0. The molecule has 1 unspecified atom stereocenters. The van der Waals surface area contributed by atoms with E-state index in [1.54, 1.807) is 0 Å². The van der Waals surface area contributed by atoms with E-state index in [9.17, 15) is 4.79 Å². The van der Waals surface area contributed by atoms with Crippen LogP contribution in [0.5, 0.6) is 0 Å². The van der Waals surface area contributed by atoms with Crippen LogP contribution in [0.3, 0.4) is 0 Å². The summed E-state index contributed by atoms with van der Waals surface area (Å²) in [5.74, 6) is 0.727. The molecule has 0 radical (unpaired) electrons. The van der Waals surface area contributed by atoms with Crippen molar-refractivity contribution in [3.05, 3.63) is 0 Å². The van der Waals surface area contributed by atoms with Gasteiger partial charge in [-0.05, 0) is 31.6 Å². The Hall–Kier alpha value is -0.640. The highest BCUT2D eigenvalue weighted by Crippen LogP contribution is 2.42. The van der Waals surface area contributed by atoms with Gasteiger partial charge in [0.05, 0.1) is 10.4 Å². The van der Waals surface area contributed by atoms with E-state index >= 15 is 0 Å². The Balaban J connectivity index is 2.21. The lowest BCUT2D eigenvalue weighted by atomic mass is 9.83. The van der Waals surface area contributed by atoms with Crippen LogP contribution in [-0.2, 0) is 4.79 Å². The van der Waals surface area contributed by atoms with E-state index in [1.165, 1.54) is 0 Å². The molecule has 0 aromatic heterocycles. The molecule has 1 saturated carbocycles. The largest absolute Gasteiger partial charge is 0.392 e. The highest BCUT2D eigenvalue weighted by atomic mass is 32.1. The smallest absolute Gasteiger partial charge is 0.235 e. The topological polar surface area (TPSA) is 46.3 Å². The summed E-state index contributed by atoms with van der Waals surface area (Å²) in [5.41, 5.74) is 5.39. The summed E-state index contributed by atoms with van der Waals surface area (Å²) in [7, 11) is 0. The van der Waals surface area contributed by atoms with Gasteiger partial charge in [-0.3, -0.25) is 4.79 Å². The third kappa shape index (κ3) is 2.15. The van der Waals surface area contributed by atoms with E-state index in [0.717, 1.165) is 45.1 Å². The van der Waals surface area contributed by atoms with Crippen molar-refractivity contribution in [2.75, 3.05) is 6.54 Å². The lowest BCUT2D eigenvalue weighted by Crippen LogP contribution is -2.51. The molecular weight excluding hydrogens is 244 g/mol. The van der Waals surface area contributed by atoms with Crippen molar-refractivity contribution in [3.8, 4) is 0 Å². The van der Waals surface area contributed by atoms with Gasteiger partial charge in [0.25, 0.3) is 0 Å². The van der Waals surface area contributed by atoms with Crippen molar-refractivity contribution in [1.29, 1.82) is 0 Å². The second-order valence-electron chi connectivity index (χ2n) is 6.11. The second-order valence-corrected chi connectivity index (χ2v) is 6.55. The summed E-state index contributed by atoms with van der Waals surface area (Å²) in [6, 6.07) is 0.379. The molecule has 2 N–H and O–H groups in total. The average molecular weight is 268 g/mol. The first-order chi connectivity index (χ1) is 8.49. The molecule has 1 amide bonds. The van der Waals surface area contributed by atoms with Crippen LogP contribution in [0.25, 0.3) is 0 Å². The van der Waals surface area contributed by atoms with E-state index in [2.05, 4.69) is 18.7 Å². The Bertz CT molecular complexity index is 348. The minimum Gasteiger partial charge on any atom is -0.392 e.